The van der Waals surface area contributed by atoms with E-state index in [9.17, 15) is 9.59 Å². The van der Waals surface area contributed by atoms with E-state index in [0.717, 1.165) is 11.3 Å². The highest BCUT2D eigenvalue weighted by molar-refractivity contribution is 5.92. The summed E-state index contributed by atoms with van der Waals surface area (Å²) >= 11 is 0. The van der Waals surface area contributed by atoms with Crippen LogP contribution in [0.1, 0.15) is 18.4 Å². The van der Waals surface area contributed by atoms with Gasteiger partial charge in [0.05, 0.1) is 14.2 Å². The zero-order valence-corrected chi connectivity index (χ0v) is 16.8. The second kappa shape index (κ2) is 9.82. The number of nitrogens with one attached hydrogen (secondary N) is 2. The van der Waals surface area contributed by atoms with E-state index in [-0.39, 0.29) is 17.9 Å². The second-order valence-electron chi connectivity index (χ2n) is 6.96. The number of piperidine rings is 1. The van der Waals surface area contributed by atoms with E-state index < -0.39 is 0 Å². The van der Waals surface area contributed by atoms with Crippen LogP contribution in [0.25, 0.3) is 0 Å². The number of ether oxygens (including phenoxy) is 2. The van der Waals surface area contributed by atoms with Crippen LogP contribution in [0.2, 0.25) is 0 Å². The molecule has 154 valence electrons. The third-order valence-electron chi connectivity index (χ3n) is 5.09. The van der Waals surface area contributed by atoms with Crippen molar-refractivity contribution >= 4 is 17.6 Å². The van der Waals surface area contributed by atoms with Crippen molar-refractivity contribution in [2.75, 3.05) is 32.6 Å². The van der Waals surface area contributed by atoms with Crippen molar-refractivity contribution in [1.82, 2.24) is 10.2 Å². The highest BCUT2D eigenvalue weighted by Crippen LogP contribution is 2.27. The largest absolute Gasteiger partial charge is 0.493 e. The van der Waals surface area contributed by atoms with Crippen LogP contribution in [-0.2, 0) is 11.3 Å². The van der Waals surface area contributed by atoms with Crippen LogP contribution in [0, 0.1) is 5.92 Å². The minimum atomic E-state index is -0.123. The summed E-state index contributed by atoms with van der Waals surface area (Å²) in [6.07, 6.45) is 1.31. The molecule has 29 heavy (non-hydrogen) atoms. The summed E-state index contributed by atoms with van der Waals surface area (Å²) in [5.41, 5.74) is 1.72. The average Bonchev–Trinajstić information content (AvgIpc) is 2.78. The van der Waals surface area contributed by atoms with Gasteiger partial charge in [0.1, 0.15) is 0 Å². The fraction of sp³-hybridized carbons (Fsp3) is 0.364. The molecule has 0 aliphatic carbocycles. The Bertz CT molecular complexity index is 833. The highest BCUT2D eigenvalue weighted by atomic mass is 16.5. The Balaban J connectivity index is 1.46. The zero-order valence-electron chi connectivity index (χ0n) is 16.8. The highest BCUT2D eigenvalue weighted by Gasteiger charge is 2.27. The first-order valence-electron chi connectivity index (χ1n) is 9.70. The Labute approximate surface area is 171 Å². The number of anilines is 1. The van der Waals surface area contributed by atoms with Gasteiger partial charge in [0.25, 0.3) is 0 Å². The molecule has 2 aromatic carbocycles. The van der Waals surface area contributed by atoms with E-state index in [1.165, 1.54) is 0 Å². The molecule has 1 saturated heterocycles. The monoisotopic (exact) mass is 397 g/mol. The molecule has 0 bridgehead atoms. The van der Waals surface area contributed by atoms with E-state index in [1.54, 1.807) is 19.1 Å². The number of hydrogen-bond donors (Lipinski definition) is 2. The number of carbonyl (C=O) groups excluding carboxylic acids is 2. The van der Waals surface area contributed by atoms with Crippen LogP contribution >= 0.6 is 0 Å². The lowest BCUT2D eigenvalue weighted by Crippen LogP contribution is -2.45. The molecule has 0 atom stereocenters. The Morgan fingerprint density at radius 2 is 1.69 bits per heavy atom. The van der Waals surface area contributed by atoms with Gasteiger partial charge in [-0.05, 0) is 42.7 Å². The van der Waals surface area contributed by atoms with Gasteiger partial charge in [-0.3, -0.25) is 4.79 Å². The van der Waals surface area contributed by atoms with E-state index in [1.807, 2.05) is 48.5 Å². The molecular formula is C22H27N3O4. The van der Waals surface area contributed by atoms with E-state index in [2.05, 4.69) is 10.6 Å². The van der Waals surface area contributed by atoms with Gasteiger partial charge in [-0.15, -0.1) is 0 Å². The number of hydrogen-bond acceptors (Lipinski definition) is 4. The third-order valence-corrected chi connectivity index (χ3v) is 5.09. The lowest BCUT2D eigenvalue weighted by Gasteiger charge is -2.31. The SMILES string of the molecule is COc1ccc(CNC(=O)N2CCC(C(=O)Nc3ccccc3)CC2)cc1OC. The summed E-state index contributed by atoms with van der Waals surface area (Å²) in [7, 11) is 3.17. The van der Waals surface area contributed by atoms with Crippen LogP contribution in [-0.4, -0.2) is 44.1 Å². The maximum atomic E-state index is 12.5. The van der Waals surface area contributed by atoms with E-state index >= 15 is 0 Å². The Hall–Kier alpha value is -3.22. The number of carbonyl (C=O) groups is 2. The van der Waals surface area contributed by atoms with Gasteiger partial charge < -0.3 is 25.0 Å². The quantitative estimate of drug-likeness (QED) is 0.784. The van der Waals surface area contributed by atoms with Crippen molar-refractivity contribution < 1.29 is 19.1 Å². The molecule has 0 unspecified atom stereocenters. The molecule has 1 aliphatic heterocycles. The van der Waals surface area contributed by atoms with Crippen molar-refractivity contribution in [1.29, 1.82) is 0 Å². The number of benzene rings is 2. The van der Waals surface area contributed by atoms with Gasteiger partial charge in [0.2, 0.25) is 5.91 Å². The van der Waals surface area contributed by atoms with Gasteiger partial charge in [-0.2, -0.15) is 0 Å². The van der Waals surface area contributed by atoms with Crippen molar-refractivity contribution in [3.63, 3.8) is 0 Å². The van der Waals surface area contributed by atoms with Crippen LogP contribution in [0.3, 0.4) is 0 Å². The zero-order chi connectivity index (χ0) is 20.6. The maximum absolute atomic E-state index is 12.5. The van der Waals surface area contributed by atoms with Crippen LogP contribution < -0.4 is 20.1 Å². The van der Waals surface area contributed by atoms with Gasteiger partial charge in [0, 0.05) is 31.2 Å². The summed E-state index contributed by atoms with van der Waals surface area (Å²) in [6, 6.07) is 14.9. The number of methoxy groups -OCH3 is 2. The molecule has 3 rings (SSSR count). The summed E-state index contributed by atoms with van der Waals surface area (Å²) in [6.45, 7) is 1.52. The number of urea groups is 1. The number of nitrogens with zero attached hydrogens (tertiary/aromatic N) is 1. The molecule has 2 N–H and O–H groups in total. The third kappa shape index (κ3) is 5.40. The molecule has 2 aromatic rings. The van der Waals surface area contributed by atoms with E-state index in [0.29, 0.717) is 44.0 Å². The number of likely N-dealkylation sites (tertiary alicyclic amines) is 1. The summed E-state index contributed by atoms with van der Waals surface area (Å²) in [5, 5.41) is 5.87. The fourth-order valence-electron chi connectivity index (χ4n) is 3.39. The van der Waals surface area contributed by atoms with Crippen molar-refractivity contribution in [3.05, 3.63) is 54.1 Å². The first-order chi connectivity index (χ1) is 14.1. The normalized spacial score (nSPS) is 14.2. The first kappa shape index (κ1) is 20.5. The lowest BCUT2D eigenvalue weighted by atomic mass is 9.96. The molecule has 0 saturated carbocycles. The Kier molecular flexibility index (Phi) is 6.94. The predicted molar refractivity (Wildman–Crippen MR) is 111 cm³/mol. The van der Waals surface area contributed by atoms with Crippen molar-refractivity contribution in [2.24, 2.45) is 5.92 Å². The number of para-hydroxylation sites is 1. The van der Waals surface area contributed by atoms with Gasteiger partial charge in [-0.1, -0.05) is 24.3 Å². The molecule has 1 aliphatic rings. The molecule has 0 radical (unpaired) electrons. The number of amides is 3. The molecular weight excluding hydrogens is 370 g/mol. The summed E-state index contributed by atoms with van der Waals surface area (Å²) in [5.74, 6) is 1.22. The molecule has 3 amide bonds. The van der Waals surface area contributed by atoms with Crippen LogP contribution in [0.15, 0.2) is 48.5 Å². The predicted octanol–water partition coefficient (Wildman–Crippen LogP) is 3.26. The van der Waals surface area contributed by atoms with E-state index in [4.69, 9.17) is 9.47 Å². The standard InChI is InChI=1S/C22H27N3O4/c1-28-19-9-8-16(14-20(19)29-2)15-23-22(27)25-12-10-17(11-13-25)21(26)24-18-6-4-3-5-7-18/h3-9,14,17H,10-13,15H2,1-2H3,(H,23,27)(H,24,26). The molecule has 1 heterocycles. The minimum absolute atomic E-state index is 0.0154. The molecule has 1 fully saturated rings. The van der Waals surface area contributed by atoms with Gasteiger partial charge in [0.15, 0.2) is 11.5 Å². The molecule has 7 nitrogen and oxygen atoms in total. The lowest BCUT2D eigenvalue weighted by molar-refractivity contribution is -0.121. The topological polar surface area (TPSA) is 79.9 Å². The Morgan fingerprint density at radius 3 is 2.34 bits per heavy atom. The van der Waals surface area contributed by atoms with Crippen molar-refractivity contribution in [3.8, 4) is 11.5 Å². The Morgan fingerprint density at radius 1 is 1.00 bits per heavy atom. The summed E-state index contributed by atoms with van der Waals surface area (Å²) in [4.78, 5) is 26.6. The minimum Gasteiger partial charge on any atom is -0.493 e. The fourth-order valence-corrected chi connectivity index (χ4v) is 3.39. The summed E-state index contributed by atoms with van der Waals surface area (Å²) < 4.78 is 10.5. The smallest absolute Gasteiger partial charge is 0.317 e. The molecule has 7 heteroatoms. The van der Waals surface area contributed by atoms with Crippen LogP contribution in [0.5, 0.6) is 11.5 Å². The number of rotatable bonds is 6. The van der Waals surface area contributed by atoms with Gasteiger partial charge >= 0.3 is 6.03 Å². The average molecular weight is 397 g/mol. The van der Waals surface area contributed by atoms with Gasteiger partial charge in [-0.25, -0.2) is 4.79 Å². The van der Waals surface area contributed by atoms with Crippen molar-refractivity contribution in [2.45, 2.75) is 19.4 Å². The first-order valence-corrected chi connectivity index (χ1v) is 9.70. The molecule has 0 spiro atoms. The second-order valence-corrected chi connectivity index (χ2v) is 6.96. The maximum Gasteiger partial charge on any atom is 0.317 e. The molecule has 0 aromatic heterocycles. The van der Waals surface area contributed by atoms with Crippen LogP contribution in [0.4, 0.5) is 10.5 Å².